The first kappa shape index (κ1) is 25.3. The largest absolute Gasteiger partial charge is 0.506 e. The van der Waals surface area contributed by atoms with Crippen molar-refractivity contribution in [1.82, 2.24) is 0 Å². The van der Waals surface area contributed by atoms with Crippen molar-refractivity contribution in [3.05, 3.63) is 85.3 Å². The van der Waals surface area contributed by atoms with Gasteiger partial charge in [-0.05, 0) is 104 Å². The van der Waals surface area contributed by atoms with Gasteiger partial charge in [0.15, 0.2) is 5.78 Å². The summed E-state index contributed by atoms with van der Waals surface area (Å²) in [5, 5.41) is 10.1. The van der Waals surface area contributed by atoms with Crippen LogP contribution in [0.1, 0.15) is 23.6 Å². The normalized spacial score (nSPS) is 15.8. The molecule has 0 amide bonds. The zero-order valence-electron chi connectivity index (χ0n) is 16.4. The van der Waals surface area contributed by atoms with Crippen molar-refractivity contribution in [3.63, 3.8) is 0 Å². The summed E-state index contributed by atoms with van der Waals surface area (Å²) in [7, 11) is -4.51. The second-order valence-corrected chi connectivity index (χ2v) is 9.67. The second kappa shape index (κ2) is 9.65. The number of allylic oxidation sites excluding steroid dienone is 5. The smallest absolute Gasteiger partial charge is 0.295 e. The van der Waals surface area contributed by atoms with E-state index in [0.29, 0.717) is 36.8 Å². The van der Waals surface area contributed by atoms with Crippen LogP contribution in [0.4, 0.5) is 0 Å². The van der Waals surface area contributed by atoms with Crippen LogP contribution in [0.15, 0.2) is 73.5 Å². The zero-order chi connectivity index (χ0) is 21.5. The average molecular weight is 563 g/mol. The Bertz CT molecular complexity index is 1200. The van der Waals surface area contributed by atoms with Crippen molar-refractivity contribution in [3.8, 4) is 5.75 Å². The molecule has 9 heteroatoms. The summed E-state index contributed by atoms with van der Waals surface area (Å²) in [6, 6.07) is 9.46. The van der Waals surface area contributed by atoms with Gasteiger partial charge >= 0.3 is 0 Å². The molecule has 0 saturated carbocycles. The van der Waals surface area contributed by atoms with Crippen LogP contribution in [0.2, 0.25) is 0 Å². The summed E-state index contributed by atoms with van der Waals surface area (Å²) in [4.78, 5) is 11.9. The zero-order valence-corrected chi connectivity index (χ0v) is 22.4. The van der Waals surface area contributed by atoms with E-state index in [1.165, 1.54) is 12.1 Å². The maximum atomic E-state index is 12.2. The topological polar surface area (TPSA) is 91.7 Å². The molecular formula is C21H16Br2NaO5S. The van der Waals surface area contributed by atoms with Crippen molar-refractivity contribution < 1.29 is 22.9 Å². The molecule has 0 bridgehead atoms. The molecule has 0 atom stereocenters. The number of carbonyl (C=O) groups is 1. The number of benzene rings is 2. The molecule has 1 aliphatic rings. The Morgan fingerprint density at radius 1 is 1.03 bits per heavy atom. The van der Waals surface area contributed by atoms with E-state index >= 15 is 0 Å². The fourth-order valence-corrected chi connectivity index (χ4v) is 4.95. The molecule has 0 heterocycles. The number of halogens is 2. The summed E-state index contributed by atoms with van der Waals surface area (Å²) in [6.45, 7) is 3.39. The maximum Gasteiger partial charge on any atom is 0.295 e. The number of rotatable bonds is 3. The number of phenols is 1. The van der Waals surface area contributed by atoms with Gasteiger partial charge in [0.25, 0.3) is 10.1 Å². The Morgan fingerprint density at radius 2 is 1.67 bits per heavy atom. The van der Waals surface area contributed by atoms with Crippen LogP contribution in [0.3, 0.4) is 0 Å². The standard InChI is InChI=1S/C21H16Br2O5S.Na/c1-11-7-13(9-16(22)20(11)24)19(14-8-12(2)21(25)17(23)10-14)15-5-3-4-6-18(15)29(26,27)28;/h3-10,24H,1-2H3,(H,26,27,28);. The van der Waals surface area contributed by atoms with Gasteiger partial charge in [-0.25, -0.2) is 0 Å². The van der Waals surface area contributed by atoms with Gasteiger partial charge < -0.3 is 5.11 Å². The van der Waals surface area contributed by atoms with Crippen LogP contribution < -0.4 is 0 Å². The van der Waals surface area contributed by atoms with Gasteiger partial charge in [-0.3, -0.25) is 9.35 Å². The fourth-order valence-electron chi connectivity index (χ4n) is 3.13. The van der Waals surface area contributed by atoms with Crippen molar-refractivity contribution >= 4 is 82.9 Å². The minimum Gasteiger partial charge on any atom is -0.506 e. The Balaban J connectivity index is 0.00000320. The van der Waals surface area contributed by atoms with E-state index in [2.05, 4.69) is 31.9 Å². The number of ketones is 1. The van der Waals surface area contributed by atoms with E-state index in [-0.39, 0.29) is 51.5 Å². The second-order valence-electron chi connectivity index (χ2n) is 6.57. The van der Waals surface area contributed by atoms with E-state index < -0.39 is 10.1 Å². The number of aromatic hydroxyl groups is 1. The molecule has 2 N–H and O–H groups in total. The number of Topliss-reactive ketones (excluding diaryl/α,β-unsaturated/α-hetero) is 1. The quantitative estimate of drug-likeness (QED) is 0.408. The van der Waals surface area contributed by atoms with E-state index in [1.54, 1.807) is 50.3 Å². The molecular weight excluding hydrogens is 547 g/mol. The number of phenolic OH excluding ortho intramolecular Hbond substituents is 1. The third-order valence-corrected chi connectivity index (χ3v) is 6.60. The minimum atomic E-state index is -4.51. The minimum absolute atomic E-state index is 0. The van der Waals surface area contributed by atoms with Crippen LogP contribution in [-0.4, -0.2) is 53.4 Å². The molecule has 0 spiro atoms. The first-order valence-corrected chi connectivity index (χ1v) is 11.4. The molecule has 1 radical (unpaired) electrons. The molecule has 5 nitrogen and oxygen atoms in total. The van der Waals surface area contributed by atoms with Gasteiger partial charge in [-0.1, -0.05) is 18.2 Å². The first-order valence-electron chi connectivity index (χ1n) is 8.41. The summed E-state index contributed by atoms with van der Waals surface area (Å²) >= 11 is 6.58. The first-order chi connectivity index (χ1) is 13.5. The number of hydrogen-bond acceptors (Lipinski definition) is 4. The SMILES string of the molecule is CC1=CC(=C(c2cc(C)c(O)c(Br)c2)c2ccccc2S(=O)(=O)O)C=C(Br)C1=O.[Na]. The molecule has 0 aliphatic heterocycles. The third kappa shape index (κ3) is 5.07. The molecule has 3 rings (SSSR count). The van der Waals surface area contributed by atoms with Crippen LogP contribution in [-0.2, 0) is 14.9 Å². The predicted molar refractivity (Wildman–Crippen MR) is 124 cm³/mol. The molecule has 0 unspecified atom stereocenters. The third-order valence-electron chi connectivity index (χ3n) is 4.49. The van der Waals surface area contributed by atoms with Crippen molar-refractivity contribution in [1.29, 1.82) is 0 Å². The number of aryl methyl sites for hydroxylation is 1. The van der Waals surface area contributed by atoms with Gasteiger partial charge in [0.1, 0.15) is 10.6 Å². The number of carbonyl (C=O) groups excluding carboxylic acids is 1. The molecule has 30 heavy (non-hydrogen) atoms. The fraction of sp³-hybridized carbons (Fsp3) is 0.0952. The van der Waals surface area contributed by atoms with Crippen LogP contribution in [0, 0.1) is 6.92 Å². The van der Waals surface area contributed by atoms with E-state index in [9.17, 15) is 22.9 Å². The molecule has 0 saturated heterocycles. The summed E-state index contributed by atoms with van der Waals surface area (Å²) in [6.07, 6.45) is 3.28. The molecule has 151 valence electrons. The molecule has 2 aromatic rings. The number of hydrogen-bond donors (Lipinski definition) is 2. The van der Waals surface area contributed by atoms with Gasteiger partial charge in [0.2, 0.25) is 0 Å². The van der Waals surface area contributed by atoms with E-state index in [1.807, 2.05) is 0 Å². The van der Waals surface area contributed by atoms with Crippen molar-refractivity contribution in [2.75, 3.05) is 0 Å². The molecule has 2 aromatic carbocycles. The van der Waals surface area contributed by atoms with E-state index in [0.717, 1.165) is 0 Å². The van der Waals surface area contributed by atoms with Crippen LogP contribution in [0.25, 0.3) is 5.57 Å². The molecule has 1 aliphatic carbocycles. The van der Waals surface area contributed by atoms with Crippen molar-refractivity contribution in [2.45, 2.75) is 18.7 Å². The Hall–Kier alpha value is -1.000. The summed E-state index contributed by atoms with van der Waals surface area (Å²) < 4.78 is 34.6. The van der Waals surface area contributed by atoms with Crippen LogP contribution in [0.5, 0.6) is 5.75 Å². The molecule has 0 aromatic heterocycles. The predicted octanol–water partition coefficient (Wildman–Crippen LogP) is 4.94. The van der Waals surface area contributed by atoms with Gasteiger partial charge in [0, 0.05) is 35.1 Å². The average Bonchev–Trinajstić information content (AvgIpc) is 2.64. The summed E-state index contributed by atoms with van der Waals surface area (Å²) in [5.41, 5.74) is 3.01. The Morgan fingerprint density at radius 3 is 2.23 bits per heavy atom. The van der Waals surface area contributed by atoms with Crippen LogP contribution >= 0.6 is 31.9 Å². The monoisotopic (exact) mass is 561 g/mol. The van der Waals surface area contributed by atoms with Crippen molar-refractivity contribution in [2.24, 2.45) is 0 Å². The van der Waals surface area contributed by atoms with Gasteiger partial charge in [0.05, 0.1) is 8.96 Å². The van der Waals surface area contributed by atoms with Gasteiger partial charge in [-0.2, -0.15) is 8.42 Å². The Kier molecular flexibility index (Phi) is 8.12. The Labute approximate surface area is 213 Å². The van der Waals surface area contributed by atoms with E-state index in [4.69, 9.17) is 0 Å². The van der Waals surface area contributed by atoms with Gasteiger partial charge in [-0.15, -0.1) is 0 Å². The summed E-state index contributed by atoms with van der Waals surface area (Å²) in [5.74, 6) is -0.0948. The molecule has 0 fully saturated rings. The maximum absolute atomic E-state index is 12.2.